The van der Waals surface area contributed by atoms with Gasteiger partial charge in [-0.15, -0.1) is 0 Å². The van der Waals surface area contributed by atoms with Crippen LogP contribution in [0.15, 0.2) is 77.7 Å². The van der Waals surface area contributed by atoms with Gasteiger partial charge in [0.15, 0.2) is 0 Å². The number of nitrogens with one attached hydrogen (secondary N) is 1. The smallest absolute Gasteiger partial charge is 0.264 e. The van der Waals surface area contributed by atoms with Crippen molar-refractivity contribution in [3.8, 4) is 0 Å². The normalized spacial score (nSPS) is 12.5. The lowest BCUT2D eigenvalue weighted by atomic mass is 10.1. The zero-order valence-corrected chi connectivity index (χ0v) is 25.5. The van der Waals surface area contributed by atoms with Gasteiger partial charge in [-0.1, -0.05) is 65.7 Å². The van der Waals surface area contributed by atoms with Gasteiger partial charge in [-0.3, -0.25) is 13.9 Å². The van der Waals surface area contributed by atoms with Crippen LogP contribution in [0.25, 0.3) is 0 Å². The summed E-state index contributed by atoms with van der Waals surface area (Å²) < 4.78 is 29.0. The number of anilines is 1. The number of hydrogen-bond acceptors (Lipinski definition) is 4. The third-order valence-electron chi connectivity index (χ3n) is 6.48. The van der Waals surface area contributed by atoms with Crippen molar-refractivity contribution in [2.75, 3.05) is 17.4 Å². The zero-order chi connectivity index (χ0) is 29.7. The predicted molar refractivity (Wildman–Crippen MR) is 161 cm³/mol. The van der Waals surface area contributed by atoms with E-state index in [4.69, 9.17) is 11.6 Å². The molecule has 0 saturated carbocycles. The van der Waals surface area contributed by atoms with Crippen LogP contribution in [0.4, 0.5) is 5.69 Å². The second kappa shape index (κ2) is 12.9. The molecule has 0 saturated heterocycles. The van der Waals surface area contributed by atoms with Crippen molar-refractivity contribution < 1.29 is 18.0 Å². The van der Waals surface area contributed by atoms with E-state index in [-0.39, 0.29) is 17.3 Å². The molecule has 0 fully saturated rings. The molecule has 9 heteroatoms. The number of sulfonamides is 1. The van der Waals surface area contributed by atoms with Crippen LogP contribution in [-0.2, 0) is 26.0 Å². The Morgan fingerprint density at radius 2 is 1.57 bits per heavy atom. The molecule has 2 amide bonds. The van der Waals surface area contributed by atoms with E-state index in [1.165, 1.54) is 17.0 Å². The molecule has 214 valence electrons. The monoisotopic (exact) mass is 583 g/mol. The van der Waals surface area contributed by atoms with Gasteiger partial charge in [0.2, 0.25) is 11.8 Å². The Hall–Kier alpha value is -3.36. The van der Waals surface area contributed by atoms with Gasteiger partial charge in [0.1, 0.15) is 12.6 Å². The summed E-state index contributed by atoms with van der Waals surface area (Å²) in [5.41, 5.74) is 2.35. The average molecular weight is 584 g/mol. The zero-order valence-electron chi connectivity index (χ0n) is 23.9. The summed E-state index contributed by atoms with van der Waals surface area (Å²) in [5.74, 6) is -0.816. The van der Waals surface area contributed by atoms with Crippen LogP contribution in [0.5, 0.6) is 0 Å². The molecule has 3 rings (SSSR count). The molecule has 0 aliphatic heterocycles. The summed E-state index contributed by atoms with van der Waals surface area (Å²) in [6, 6.07) is 20.2. The van der Waals surface area contributed by atoms with E-state index in [0.29, 0.717) is 22.7 Å². The Morgan fingerprint density at radius 3 is 2.17 bits per heavy atom. The molecule has 0 aromatic heterocycles. The molecule has 0 unspecified atom stereocenters. The first-order valence-corrected chi connectivity index (χ1v) is 15.0. The Balaban J connectivity index is 2.03. The molecule has 0 aliphatic rings. The first kappa shape index (κ1) is 31.2. The Labute approximate surface area is 243 Å². The fourth-order valence-electron chi connectivity index (χ4n) is 4.25. The van der Waals surface area contributed by atoms with Gasteiger partial charge >= 0.3 is 0 Å². The first-order chi connectivity index (χ1) is 18.7. The first-order valence-electron chi connectivity index (χ1n) is 13.2. The predicted octanol–water partition coefficient (Wildman–Crippen LogP) is 5.53. The summed E-state index contributed by atoms with van der Waals surface area (Å²) in [6.07, 6.45) is 0.501. The van der Waals surface area contributed by atoms with Crippen molar-refractivity contribution in [1.82, 2.24) is 10.2 Å². The van der Waals surface area contributed by atoms with Crippen LogP contribution < -0.4 is 9.62 Å². The van der Waals surface area contributed by atoms with Gasteiger partial charge in [-0.05, 0) is 83.4 Å². The Bertz CT molecular complexity index is 1440. The molecular weight excluding hydrogens is 546 g/mol. The van der Waals surface area contributed by atoms with Crippen LogP contribution in [0.3, 0.4) is 0 Å². The molecule has 0 spiro atoms. The number of benzene rings is 3. The number of aryl methyl sites for hydroxylation is 2. The standard InChI is InChI=1S/C31H38ClN3O4S/c1-22-12-16-27(17-13-22)40(38,39)35(28-20-26(32)15-14-23(28)2)21-29(36)34(19-18-25-10-8-7-9-11-25)24(3)30(37)33-31(4,5)6/h7-17,20,24H,18-19,21H2,1-6H3,(H,33,37)/t24-/m0/s1. The quantitative estimate of drug-likeness (QED) is 0.340. The van der Waals surface area contributed by atoms with Gasteiger partial charge < -0.3 is 10.2 Å². The van der Waals surface area contributed by atoms with Crippen molar-refractivity contribution in [2.45, 2.75) is 64.4 Å². The van der Waals surface area contributed by atoms with Crippen molar-refractivity contribution in [1.29, 1.82) is 0 Å². The van der Waals surface area contributed by atoms with E-state index in [9.17, 15) is 18.0 Å². The molecule has 1 atom stereocenters. The number of carbonyl (C=O) groups excluding carboxylic acids is 2. The van der Waals surface area contributed by atoms with E-state index in [1.54, 1.807) is 44.2 Å². The molecule has 0 heterocycles. The summed E-state index contributed by atoms with van der Waals surface area (Å²) in [6.45, 7) is 10.6. The van der Waals surface area contributed by atoms with Crippen LogP contribution in [-0.4, -0.2) is 49.8 Å². The number of hydrogen-bond donors (Lipinski definition) is 1. The molecule has 3 aromatic rings. The van der Waals surface area contributed by atoms with E-state index < -0.39 is 34.1 Å². The Morgan fingerprint density at radius 1 is 0.950 bits per heavy atom. The summed E-state index contributed by atoms with van der Waals surface area (Å²) in [4.78, 5) is 28.7. The van der Waals surface area contributed by atoms with Crippen molar-refractivity contribution >= 4 is 39.1 Å². The largest absolute Gasteiger partial charge is 0.350 e. The van der Waals surface area contributed by atoms with Crippen LogP contribution >= 0.6 is 11.6 Å². The molecule has 3 aromatic carbocycles. The van der Waals surface area contributed by atoms with Gasteiger partial charge in [0, 0.05) is 17.1 Å². The highest BCUT2D eigenvalue weighted by molar-refractivity contribution is 7.92. The van der Waals surface area contributed by atoms with Crippen molar-refractivity contribution in [2.24, 2.45) is 0 Å². The molecule has 7 nitrogen and oxygen atoms in total. The van der Waals surface area contributed by atoms with Crippen LogP contribution in [0, 0.1) is 13.8 Å². The molecule has 0 aliphatic carbocycles. The molecule has 1 N–H and O–H groups in total. The van der Waals surface area contributed by atoms with Crippen molar-refractivity contribution in [3.63, 3.8) is 0 Å². The lowest BCUT2D eigenvalue weighted by Crippen LogP contribution is -2.55. The lowest BCUT2D eigenvalue weighted by Gasteiger charge is -2.34. The minimum Gasteiger partial charge on any atom is -0.350 e. The van der Waals surface area contributed by atoms with E-state index in [0.717, 1.165) is 15.4 Å². The van der Waals surface area contributed by atoms with Crippen LogP contribution in [0.1, 0.15) is 44.4 Å². The van der Waals surface area contributed by atoms with Crippen molar-refractivity contribution in [3.05, 3.63) is 94.5 Å². The van der Waals surface area contributed by atoms with E-state index in [2.05, 4.69) is 5.32 Å². The lowest BCUT2D eigenvalue weighted by molar-refractivity contribution is -0.139. The maximum atomic E-state index is 14.0. The Kier molecular flexibility index (Phi) is 10.0. The van der Waals surface area contributed by atoms with Gasteiger partial charge in [-0.25, -0.2) is 8.42 Å². The highest BCUT2D eigenvalue weighted by Gasteiger charge is 2.33. The molecular formula is C31H38ClN3O4S. The SMILES string of the molecule is Cc1ccc(S(=O)(=O)N(CC(=O)N(CCc2ccccc2)[C@@H](C)C(=O)NC(C)(C)C)c2cc(Cl)ccc2C)cc1. The second-order valence-electron chi connectivity index (χ2n) is 11.0. The summed E-state index contributed by atoms with van der Waals surface area (Å²) in [7, 11) is -4.15. The van der Waals surface area contributed by atoms with E-state index >= 15 is 0 Å². The minimum atomic E-state index is -4.15. The van der Waals surface area contributed by atoms with Crippen LogP contribution in [0.2, 0.25) is 5.02 Å². The maximum absolute atomic E-state index is 14.0. The maximum Gasteiger partial charge on any atom is 0.264 e. The topological polar surface area (TPSA) is 86.8 Å². The second-order valence-corrected chi connectivity index (χ2v) is 13.3. The molecule has 0 radical (unpaired) electrons. The number of rotatable bonds is 10. The van der Waals surface area contributed by atoms with Gasteiger partial charge in [0.25, 0.3) is 10.0 Å². The number of amides is 2. The molecule has 40 heavy (non-hydrogen) atoms. The number of nitrogens with zero attached hydrogens (tertiary/aromatic N) is 2. The highest BCUT2D eigenvalue weighted by Crippen LogP contribution is 2.30. The number of carbonyl (C=O) groups is 2. The van der Waals surface area contributed by atoms with Gasteiger partial charge in [0.05, 0.1) is 10.6 Å². The highest BCUT2D eigenvalue weighted by atomic mass is 35.5. The van der Waals surface area contributed by atoms with Gasteiger partial charge in [-0.2, -0.15) is 0 Å². The number of halogens is 1. The molecule has 0 bridgehead atoms. The van der Waals surface area contributed by atoms with E-state index in [1.807, 2.05) is 58.0 Å². The minimum absolute atomic E-state index is 0.0552. The fraction of sp³-hybridized carbons (Fsp3) is 0.355. The fourth-order valence-corrected chi connectivity index (χ4v) is 5.88. The summed E-state index contributed by atoms with van der Waals surface area (Å²) in [5, 5.41) is 3.28. The third-order valence-corrected chi connectivity index (χ3v) is 8.49. The third kappa shape index (κ3) is 8.08. The summed E-state index contributed by atoms with van der Waals surface area (Å²) >= 11 is 6.28. The average Bonchev–Trinajstić information content (AvgIpc) is 2.88.